The van der Waals surface area contributed by atoms with Gasteiger partial charge >= 0.3 is 13.9 Å². The van der Waals surface area contributed by atoms with Crippen molar-refractivity contribution in [2.45, 2.75) is 58.0 Å². The third-order valence-electron chi connectivity index (χ3n) is 5.18. The Kier molecular flexibility index (Phi) is 12.9. The number of aromatic nitrogens is 1. The number of rotatable bonds is 15. The summed E-state index contributed by atoms with van der Waals surface area (Å²) in [7, 11) is -6.80. The Labute approximate surface area is 243 Å². The topological polar surface area (TPSA) is 146 Å². The van der Waals surface area contributed by atoms with E-state index in [1.165, 1.54) is 6.21 Å². The highest BCUT2D eigenvalue weighted by Crippen LogP contribution is 2.51. The number of phosphoric ester groups is 1. The number of hydrogen-bond acceptors (Lipinski definition) is 9. The van der Waals surface area contributed by atoms with E-state index >= 15 is 0 Å². The number of carbonyl (C=O) groups is 1. The number of anilines is 1. The van der Waals surface area contributed by atoms with Gasteiger partial charge in [0, 0.05) is 27.9 Å². The number of phosphoric acid groups is 1. The number of nitrogens with two attached hydrogens (primary N) is 1. The molecule has 1 amide bonds. The zero-order valence-corrected chi connectivity index (χ0v) is 27.6. The van der Waals surface area contributed by atoms with E-state index in [1.54, 1.807) is 42.6 Å². The average Bonchev–Trinajstić information content (AvgIpc) is 2.82. The lowest BCUT2D eigenvalue weighted by molar-refractivity contribution is 0.151. The van der Waals surface area contributed by atoms with Crippen LogP contribution in [-0.2, 0) is 25.0 Å². The van der Waals surface area contributed by atoms with Crippen LogP contribution in [0.25, 0.3) is 0 Å². The fraction of sp³-hybridized carbons (Fsp3) is 0.440. The van der Waals surface area contributed by atoms with Crippen LogP contribution in [0.2, 0.25) is 51.4 Å². The molecule has 0 bridgehead atoms. The number of nitrogens with one attached hydrogen (secondary N) is 2. The molecule has 0 saturated heterocycles. The first kappa shape index (κ1) is 33.6. The minimum atomic E-state index is -3.93. The monoisotopic (exact) mass is 625 g/mol. The van der Waals surface area contributed by atoms with Gasteiger partial charge < -0.3 is 15.0 Å². The molecule has 0 spiro atoms. The van der Waals surface area contributed by atoms with E-state index in [-0.39, 0.29) is 30.7 Å². The van der Waals surface area contributed by atoms with Crippen LogP contribution in [0.5, 0.6) is 5.75 Å². The Morgan fingerprint density at radius 2 is 1.68 bits per heavy atom. The molecule has 0 saturated carbocycles. The molecule has 0 aliphatic heterocycles. The molecular formula is C25H40N5O6PSSi2. The summed E-state index contributed by atoms with van der Waals surface area (Å²) in [5, 5.41) is 6.48. The van der Waals surface area contributed by atoms with Crippen molar-refractivity contribution in [3.05, 3.63) is 53.9 Å². The summed E-state index contributed by atoms with van der Waals surface area (Å²) in [6.07, 6.45) is 2.17. The van der Waals surface area contributed by atoms with Gasteiger partial charge in [0.15, 0.2) is 5.11 Å². The first-order valence-electron chi connectivity index (χ1n) is 12.8. The number of amides is 1. The molecule has 40 heavy (non-hydrogen) atoms. The zero-order chi connectivity index (χ0) is 29.8. The van der Waals surface area contributed by atoms with Gasteiger partial charge in [-0.05, 0) is 42.5 Å². The molecule has 0 unspecified atom stereocenters. The average molecular weight is 626 g/mol. The van der Waals surface area contributed by atoms with Gasteiger partial charge in [-0.2, -0.15) is 5.10 Å². The van der Waals surface area contributed by atoms with Gasteiger partial charge in [0.1, 0.15) is 18.1 Å². The molecule has 0 fully saturated rings. The zero-order valence-electron chi connectivity index (χ0n) is 23.9. The number of para-hydroxylation sites is 1. The van der Waals surface area contributed by atoms with Crippen molar-refractivity contribution in [1.29, 1.82) is 0 Å². The number of hydrogen-bond donors (Lipinski definition) is 3. The van der Waals surface area contributed by atoms with E-state index in [1.807, 2.05) is 0 Å². The van der Waals surface area contributed by atoms with E-state index in [0.29, 0.717) is 16.9 Å². The summed E-state index contributed by atoms with van der Waals surface area (Å²) in [5.41, 5.74) is 9.00. The Morgan fingerprint density at radius 3 is 2.27 bits per heavy atom. The first-order chi connectivity index (χ1) is 18.7. The molecule has 1 heterocycles. The molecule has 4 N–H and O–H groups in total. The molecule has 0 atom stereocenters. The largest absolute Gasteiger partial charge is 0.530 e. The van der Waals surface area contributed by atoms with Crippen LogP contribution in [0.15, 0.2) is 47.7 Å². The minimum Gasteiger partial charge on any atom is -0.444 e. The molecule has 0 aliphatic rings. The van der Waals surface area contributed by atoms with Crippen LogP contribution in [0.3, 0.4) is 0 Å². The number of pyridine rings is 1. The van der Waals surface area contributed by atoms with Crippen molar-refractivity contribution in [3.63, 3.8) is 0 Å². The highest BCUT2D eigenvalue weighted by Gasteiger charge is 2.31. The normalized spacial score (nSPS) is 12.2. The van der Waals surface area contributed by atoms with Crippen LogP contribution in [0.1, 0.15) is 11.3 Å². The number of carbonyl (C=O) groups excluding carboxylic acids is 1. The van der Waals surface area contributed by atoms with Gasteiger partial charge in [0.25, 0.3) is 0 Å². The van der Waals surface area contributed by atoms with Crippen molar-refractivity contribution in [3.8, 4) is 5.75 Å². The molecule has 1 aromatic carbocycles. The molecule has 15 heteroatoms. The fourth-order valence-electron chi connectivity index (χ4n) is 2.92. The molecule has 2 aromatic rings. The predicted molar refractivity (Wildman–Crippen MR) is 168 cm³/mol. The lowest BCUT2D eigenvalue weighted by Crippen LogP contribution is -2.24. The maximum atomic E-state index is 13.7. The second-order valence-corrected chi connectivity index (χ2v) is 24.6. The number of benzene rings is 1. The van der Waals surface area contributed by atoms with Crippen molar-refractivity contribution in [2.24, 2.45) is 10.8 Å². The quantitative estimate of drug-likeness (QED) is 0.0688. The highest BCUT2D eigenvalue weighted by molar-refractivity contribution is 7.80. The Bertz CT molecular complexity index is 1200. The smallest absolute Gasteiger partial charge is 0.444 e. The van der Waals surface area contributed by atoms with Gasteiger partial charge in [0.2, 0.25) is 0 Å². The van der Waals surface area contributed by atoms with E-state index in [9.17, 15) is 9.36 Å². The minimum absolute atomic E-state index is 0.00515. The maximum Gasteiger partial charge on any atom is 0.530 e. The molecule has 0 radical (unpaired) electrons. The third kappa shape index (κ3) is 13.6. The molecular weight excluding hydrogens is 586 g/mol. The predicted octanol–water partition coefficient (Wildman–Crippen LogP) is 6.19. The van der Waals surface area contributed by atoms with E-state index in [2.05, 4.69) is 60.1 Å². The summed E-state index contributed by atoms with van der Waals surface area (Å²) in [4.78, 5) is 16.8. The van der Waals surface area contributed by atoms with Crippen LogP contribution in [0.4, 0.5) is 10.5 Å². The van der Waals surface area contributed by atoms with Gasteiger partial charge in [-0.1, -0.05) is 57.5 Å². The molecule has 220 valence electrons. The molecule has 11 nitrogen and oxygen atoms in total. The molecule has 1 aromatic heterocycles. The summed E-state index contributed by atoms with van der Waals surface area (Å²) < 4.78 is 36.4. The standard InChI is InChI=1S/C25H40N5O6PSSi2/c1-39(2,3)16-14-34-37(32,35-15-17-40(4,5)6)36-23-12-8-7-10-20(23)19-33-25(31)29-21-11-9-13-27-22(21)18-28-30-24(26)38/h7-13,18H,14-17,19H2,1-6H3,(H,29,31)(H3,26,30,38). The summed E-state index contributed by atoms with van der Waals surface area (Å²) in [5.74, 6) is 0.248. The lowest BCUT2D eigenvalue weighted by atomic mass is 10.2. The number of hydrazone groups is 1. The van der Waals surface area contributed by atoms with Crippen molar-refractivity contribution < 1.29 is 27.7 Å². The third-order valence-corrected chi connectivity index (χ3v) is 10.1. The Hall–Kier alpha value is -2.62. The SMILES string of the molecule is C[Si](C)(C)CCOP(=O)(OCC[Si](C)(C)C)Oc1ccccc1COC(=O)Nc1cccnc1C=NNC(N)=S. The first-order valence-corrected chi connectivity index (χ1v) is 22.1. The van der Waals surface area contributed by atoms with Gasteiger partial charge in [-0.3, -0.25) is 24.8 Å². The maximum absolute atomic E-state index is 13.7. The number of nitrogens with zero attached hydrogens (tertiary/aromatic N) is 2. The van der Waals surface area contributed by atoms with E-state index in [0.717, 1.165) is 12.1 Å². The summed E-state index contributed by atoms with van der Waals surface area (Å²) in [6.45, 7) is 13.6. The summed E-state index contributed by atoms with van der Waals surface area (Å²) in [6, 6.07) is 11.7. The van der Waals surface area contributed by atoms with Gasteiger partial charge in [-0.15, -0.1) is 0 Å². The fourth-order valence-corrected chi connectivity index (χ4v) is 5.98. The van der Waals surface area contributed by atoms with E-state index in [4.69, 9.17) is 36.3 Å². The van der Waals surface area contributed by atoms with Crippen molar-refractivity contribution in [2.75, 3.05) is 18.5 Å². The van der Waals surface area contributed by atoms with Gasteiger partial charge in [0.05, 0.1) is 25.1 Å². The molecule has 0 aliphatic carbocycles. The van der Waals surface area contributed by atoms with Crippen molar-refractivity contribution in [1.82, 2.24) is 10.4 Å². The highest BCUT2D eigenvalue weighted by atomic mass is 32.1. The summed E-state index contributed by atoms with van der Waals surface area (Å²) >= 11 is 4.71. The van der Waals surface area contributed by atoms with E-state index < -0.39 is 30.1 Å². The van der Waals surface area contributed by atoms with Crippen LogP contribution < -0.4 is 21.0 Å². The second kappa shape index (κ2) is 15.4. The number of ether oxygens (including phenoxy) is 1. The molecule has 2 rings (SSSR count). The number of thiocarbonyl (C=S) groups is 1. The lowest BCUT2D eigenvalue weighted by Gasteiger charge is -2.23. The van der Waals surface area contributed by atoms with Crippen LogP contribution >= 0.6 is 20.0 Å². The van der Waals surface area contributed by atoms with Crippen molar-refractivity contribution >= 4 is 59.3 Å². The second-order valence-electron chi connectivity index (χ2n) is 11.3. The van der Waals surface area contributed by atoms with Gasteiger partial charge in [-0.25, -0.2) is 9.36 Å². The Balaban J connectivity index is 2.10. The van der Waals surface area contributed by atoms with Crippen LogP contribution in [0, 0.1) is 0 Å². The Morgan fingerprint density at radius 1 is 1.05 bits per heavy atom. The van der Waals surface area contributed by atoms with Crippen LogP contribution in [-0.4, -0.2) is 51.8 Å².